The first-order valence-corrected chi connectivity index (χ1v) is 11.3. The molecular weight excluding hydrogens is 428 g/mol. The highest BCUT2D eigenvalue weighted by Gasteiger charge is 2.15. The molecule has 3 rings (SSSR count). The summed E-state index contributed by atoms with van der Waals surface area (Å²) in [6, 6.07) is 13.7. The van der Waals surface area contributed by atoms with Crippen molar-refractivity contribution in [2.24, 2.45) is 5.73 Å². The molecule has 0 aliphatic carbocycles. The third kappa shape index (κ3) is 5.95. The van der Waals surface area contributed by atoms with Gasteiger partial charge in [-0.15, -0.1) is 0 Å². The van der Waals surface area contributed by atoms with Crippen LogP contribution in [-0.2, 0) is 16.1 Å². The van der Waals surface area contributed by atoms with Gasteiger partial charge in [0.25, 0.3) is 11.5 Å². The molecule has 1 heterocycles. The van der Waals surface area contributed by atoms with E-state index in [9.17, 15) is 14.4 Å². The quantitative estimate of drug-likeness (QED) is 0.276. The van der Waals surface area contributed by atoms with Crippen molar-refractivity contribution in [1.29, 1.82) is 0 Å². The molecule has 0 unspecified atom stereocenters. The van der Waals surface area contributed by atoms with E-state index >= 15 is 0 Å². The molecule has 0 aliphatic heterocycles. The fraction of sp³-hybridized carbons (Fsp3) is 0.304. The molecule has 0 fully saturated rings. The Labute approximate surface area is 190 Å². The zero-order valence-corrected chi connectivity index (χ0v) is 18.9. The van der Waals surface area contributed by atoms with Crippen molar-refractivity contribution in [1.82, 2.24) is 9.55 Å². The van der Waals surface area contributed by atoms with Crippen LogP contribution in [0.25, 0.3) is 10.9 Å². The minimum absolute atomic E-state index is 0.0143. The van der Waals surface area contributed by atoms with Gasteiger partial charge < -0.3 is 15.8 Å². The van der Waals surface area contributed by atoms with E-state index in [1.807, 2.05) is 19.9 Å². The summed E-state index contributed by atoms with van der Waals surface area (Å²) in [6.07, 6.45) is 0.756. The molecule has 2 aromatic carbocycles. The number of fused-ring (bicyclic) bond motifs is 1. The summed E-state index contributed by atoms with van der Waals surface area (Å²) in [5.41, 5.74) is 6.38. The van der Waals surface area contributed by atoms with Crippen molar-refractivity contribution in [3.05, 3.63) is 64.4 Å². The number of benzene rings is 2. The summed E-state index contributed by atoms with van der Waals surface area (Å²) in [6.45, 7) is 4.86. The molecule has 0 saturated heterocycles. The number of carbonyl (C=O) groups is 2. The van der Waals surface area contributed by atoms with Gasteiger partial charge in [-0.3, -0.25) is 19.0 Å². The highest BCUT2D eigenvalue weighted by Crippen LogP contribution is 2.20. The Morgan fingerprint density at radius 2 is 1.88 bits per heavy atom. The van der Waals surface area contributed by atoms with Gasteiger partial charge >= 0.3 is 0 Å². The second kappa shape index (κ2) is 10.9. The van der Waals surface area contributed by atoms with Crippen LogP contribution in [0.3, 0.4) is 0 Å². The van der Waals surface area contributed by atoms with Crippen LogP contribution >= 0.6 is 11.8 Å². The number of aromatic nitrogens is 2. The summed E-state index contributed by atoms with van der Waals surface area (Å²) in [4.78, 5) is 41.8. The van der Waals surface area contributed by atoms with Gasteiger partial charge in [0.1, 0.15) is 0 Å². The largest absolute Gasteiger partial charge is 0.379 e. The lowest BCUT2D eigenvalue weighted by Gasteiger charge is -2.14. The highest BCUT2D eigenvalue weighted by molar-refractivity contribution is 7.99. The third-order valence-corrected chi connectivity index (χ3v) is 5.58. The summed E-state index contributed by atoms with van der Waals surface area (Å²) >= 11 is 1.16. The summed E-state index contributed by atoms with van der Waals surface area (Å²) in [5.74, 6) is -0.941. The Kier molecular flexibility index (Phi) is 8.02. The van der Waals surface area contributed by atoms with E-state index < -0.39 is 5.91 Å². The number of nitrogens with two attached hydrogens (primary N) is 1. The van der Waals surface area contributed by atoms with Crippen molar-refractivity contribution >= 4 is 40.2 Å². The van der Waals surface area contributed by atoms with Crippen LogP contribution in [0.1, 0.15) is 30.6 Å². The SMILES string of the molecule is CC(C)OCCCn1c(SCC(=O)Nc2ccccc2C(N)=O)nc2ccccc2c1=O. The normalized spacial score (nSPS) is 11.1. The van der Waals surface area contributed by atoms with Crippen LogP contribution in [0.5, 0.6) is 0 Å². The van der Waals surface area contributed by atoms with Gasteiger partial charge in [-0.05, 0) is 44.5 Å². The molecule has 0 radical (unpaired) electrons. The van der Waals surface area contributed by atoms with Crippen molar-refractivity contribution in [2.75, 3.05) is 17.7 Å². The third-order valence-electron chi connectivity index (χ3n) is 4.60. The van der Waals surface area contributed by atoms with Gasteiger partial charge in [-0.1, -0.05) is 36.0 Å². The number of thioether (sulfide) groups is 1. The first-order valence-electron chi connectivity index (χ1n) is 10.3. The second-order valence-electron chi connectivity index (χ2n) is 7.39. The van der Waals surface area contributed by atoms with Gasteiger partial charge in [0.05, 0.1) is 34.0 Å². The molecule has 0 saturated carbocycles. The number of rotatable bonds is 10. The average Bonchev–Trinajstić information content (AvgIpc) is 2.76. The molecule has 3 N–H and O–H groups in total. The van der Waals surface area contributed by atoms with Gasteiger partial charge in [0.2, 0.25) is 5.91 Å². The number of para-hydroxylation sites is 2. The Balaban J connectivity index is 1.78. The van der Waals surface area contributed by atoms with E-state index in [0.717, 1.165) is 11.8 Å². The monoisotopic (exact) mass is 454 g/mol. The van der Waals surface area contributed by atoms with E-state index in [4.69, 9.17) is 10.5 Å². The topological polar surface area (TPSA) is 116 Å². The Hall–Kier alpha value is -3.17. The lowest BCUT2D eigenvalue weighted by atomic mass is 10.1. The fourth-order valence-corrected chi connectivity index (χ4v) is 3.95. The summed E-state index contributed by atoms with van der Waals surface area (Å²) < 4.78 is 7.17. The van der Waals surface area contributed by atoms with Gasteiger partial charge in [-0.25, -0.2) is 4.98 Å². The lowest BCUT2D eigenvalue weighted by Crippen LogP contribution is -2.25. The molecule has 8 nitrogen and oxygen atoms in total. The molecule has 168 valence electrons. The number of hydrogen-bond donors (Lipinski definition) is 2. The molecule has 0 atom stereocenters. The van der Waals surface area contributed by atoms with Crippen LogP contribution < -0.4 is 16.6 Å². The lowest BCUT2D eigenvalue weighted by molar-refractivity contribution is -0.113. The van der Waals surface area contributed by atoms with E-state index in [0.29, 0.717) is 41.3 Å². The molecule has 0 spiro atoms. The molecule has 2 amide bonds. The number of nitrogens with zero attached hydrogens (tertiary/aromatic N) is 2. The maximum absolute atomic E-state index is 13.0. The number of nitrogens with one attached hydrogen (secondary N) is 1. The molecule has 0 bridgehead atoms. The first-order chi connectivity index (χ1) is 15.4. The van der Waals surface area contributed by atoms with Crippen molar-refractivity contribution < 1.29 is 14.3 Å². The van der Waals surface area contributed by atoms with Gasteiger partial charge in [0, 0.05) is 13.2 Å². The smallest absolute Gasteiger partial charge is 0.262 e. The van der Waals surface area contributed by atoms with E-state index in [1.54, 1.807) is 47.0 Å². The molecule has 9 heteroatoms. The summed E-state index contributed by atoms with van der Waals surface area (Å²) in [5, 5.41) is 3.69. The van der Waals surface area contributed by atoms with Crippen molar-refractivity contribution in [3.63, 3.8) is 0 Å². The standard InChI is InChI=1S/C23H26N4O4S/c1-15(2)31-13-7-12-27-22(30)17-9-4-6-11-19(17)26-23(27)32-14-20(28)25-18-10-5-3-8-16(18)21(24)29/h3-6,8-11,15H,7,12-14H2,1-2H3,(H2,24,29)(H,25,28). The number of hydrogen-bond acceptors (Lipinski definition) is 6. The molecule has 1 aromatic heterocycles. The first kappa shape index (κ1) is 23.5. The predicted molar refractivity (Wildman–Crippen MR) is 126 cm³/mol. The minimum Gasteiger partial charge on any atom is -0.379 e. The number of carbonyl (C=O) groups excluding carboxylic acids is 2. The zero-order valence-electron chi connectivity index (χ0n) is 18.0. The van der Waals surface area contributed by atoms with E-state index in [-0.39, 0.29) is 28.9 Å². The number of ether oxygens (including phenoxy) is 1. The molecule has 3 aromatic rings. The number of anilines is 1. The maximum Gasteiger partial charge on any atom is 0.262 e. The maximum atomic E-state index is 13.0. The van der Waals surface area contributed by atoms with Crippen LogP contribution in [0.4, 0.5) is 5.69 Å². The van der Waals surface area contributed by atoms with Crippen LogP contribution in [0.2, 0.25) is 0 Å². The van der Waals surface area contributed by atoms with Crippen molar-refractivity contribution in [2.45, 2.75) is 38.1 Å². The van der Waals surface area contributed by atoms with E-state index in [2.05, 4.69) is 10.3 Å². The Morgan fingerprint density at radius 3 is 2.62 bits per heavy atom. The molecule has 32 heavy (non-hydrogen) atoms. The van der Waals surface area contributed by atoms with Crippen LogP contribution in [0, 0.1) is 0 Å². The fourth-order valence-electron chi connectivity index (χ4n) is 3.12. The molecule has 0 aliphatic rings. The van der Waals surface area contributed by atoms with Crippen molar-refractivity contribution in [3.8, 4) is 0 Å². The van der Waals surface area contributed by atoms with Crippen LogP contribution in [0.15, 0.2) is 58.5 Å². The Bertz CT molecular complexity index is 1180. The zero-order chi connectivity index (χ0) is 23.1. The predicted octanol–water partition coefficient (Wildman–Crippen LogP) is 3.04. The number of primary amides is 1. The number of amides is 2. The minimum atomic E-state index is -0.623. The van der Waals surface area contributed by atoms with E-state index in [1.165, 1.54) is 0 Å². The van der Waals surface area contributed by atoms with Gasteiger partial charge in [0.15, 0.2) is 5.16 Å². The average molecular weight is 455 g/mol. The Morgan fingerprint density at radius 1 is 1.16 bits per heavy atom. The van der Waals surface area contributed by atoms with Crippen LogP contribution in [-0.4, -0.2) is 39.8 Å². The molecular formula is C23H26N4O4S. The van der Waals surface area contributed by atoms with Gasteiger partial charge in [-0.2, -0.15) is 0 Å². The highest BCUT2D eigenvalue weighted by atomic mass is 32.2. The summed E-state index contributed by atoms with van der Waals surface area (Å²) in [7, 11) is 0. The second-order valence-corrected chi connectivity index (χ2v) is 8.33.